The molecule has 124 valence electrons. The third-order valence-corrected chi connectivity index (χ3v) is 3.72. The summed E-state index contributed by atoms with van der Waals surface area (Å²) in [4.78, 5) is 24.5. The number of allylic oxidation sites excluding steroid dienone is 1. The summed E-state index contributed by atoms with van der Waals surface area (Å²) in [5.41, 5.74) is 0.871. The van der Waals surface area contributed by atoms with Gasteiger partial charge < -0.3 is 14.8 Å². The monoisotopic (exact) mass is 329 g/mol. The van der Waals surface area contributed by atoms with E-state index in [2.05, 4.69) is 20.8 Å². The number of methoxy groups -OCH3 is 2. The van der Waals surface area contributed by atoms with Crippen LogP contribution in [0.15, 0.2) is 35.5 Å². The maximum atomic E-state index is 12.3. The van der Waals surface area contributed by atoms with Crippen LogP contribution < -0.4 is 10.1 Å². The van der Waals surface area contributed by atoms with E-state index in [0.29, 0.717) is 11.3 Å². The van der Waals surface area contributed by atoms with Gasteiger partial charge in [-0.05, 0) is 23.4 Å². The van der Waals surface area contributed by atoms with Crippen molar-refractivity contribution in [3.63, 3.8) is 0 Å². The van der Waals surface area contributed by atoms with Crippen molar-refractivity contribution >= 4 is 17.7 Å². The molecule has 9 heteroatoms. The number of carbonyl (C=O) groups excluding carboxylic acids is 2. The molecule has 1 aromatic carbocycles. The normalized spacial score (nSPS) is 16.2. The Morgan fingerprint density at radius 3 is 2.67 bits per heavy atom. The zero-order valence-electron chi connectivity index (χ0n) is 13.3. The minimum absolute atomic E-state index is 0.0169. The highest BCUT2D eigenvalue weighted by molar-refractivity contribution is 6.06. The third kappa shape index (κ3) is 2.39. The van der Waals surface area contributed by atoms with Gasteiger partial charge >= 0.3 is 5.97 Å². The number of nitrogens with one attached hydrogen (secondary N) is 1. The number of ether oxygens (including phenoxy) is 2. The van der Waals surface area contributed by atoms with Gasteiger partial charge in [0.25, 0.3) is 0 Å². The first kappa shape index (κ1) is 15.7. The van der Waals surface area contributed by atoms with Crippen molar-refractivity contribution < 1.29 is 19.1 Å². The van der Waals surface area contributed by atoms with E-state index in [1.165, 1.54) is 25.8 Å². The number of rotatable bonds is 4. The van der Waals surface area contributed by atoms with E-state index in [1.807, 2.05) is 6.07 Å². The van der Waals surface area contributed by atoms with E-state index in [-0.39, 0.29) is 23.0 Å². The van der Waals surface area contributed by atoms with Gasteiger partial charge in [0, 0.05) is 5.56 Å². The molecule has 1 aliphatic rings. The van der Waals surface area contributed by atoms with Gasteiger partial charge in [-0.25, -0.2) is 4.79 Å². The third-order valence-electron chi connectivity index (χ3n) is 3.72. The number of hydrogen-bond acceptors (Lipinski definition) is 8. The lowest BCUT2D eigenvalue weighted by Crippen LogP contribution is -2.32. The van der Waals surface area contributed by atoms with Gasteiger partial charge in [-0.1, -0.05) is 23.3 Å². The summed E-state index contributed by atoms with van der Waals surface area (Å²) in [6.07, 6.45) is 0. The molecular weight excluding hydrogens is 314 g/mol. The summed E-state index contributed by atoms with van der Waals surface area (Å²) in [5, 5.41) is 14.2. The molecule has 0 radical (unpaired) electrons. The average molecular weight is 329 g/mol. The minimum atomic E-state index is -0.709. The SMILES string of the molecule is COC(=O)C1=C(C(C)=O)[C@@H](c2ccccc2OC)n2nnnc2N1. The smallest absolute Gasteiger partial charge is 0.355 e. The Kier molecular flexibility index (Phi) is 3.98. The Balaban J connectivity index is 2.29. The molecule has 0 unspecified atom stereocenters. The molecule has 24 heavy (non-hydrogen) atoms. The number of ketones is 1. The number of fused-ring (bicyclic) bond motifs is 1. The number of carbonyl (C=O) groups is 2. The molecule has 0 saturated heterocycles. The minimum Gasteiger partial charge on any atom is -0.496 e. The number of benzene rings is 1. The molecule has 3 rings (SSSR count). The van der Waals surface area contributed by atoms with Crippen molar-refractivity contribution in [2.75, 3.05) is 19.5 Å². The van der Waals surface area contributed by atoms with Crippen molar-refractivity contribution in [3.05, 3.63) is 41.1 Å². The van der Waals surface area contributed by atoms with Crippen molar-refractivity contribution in [1.29, 1.82) is 0 Å². The molecule has 0 bridgehead atoms. The van der Waals surface area contributed by atoms with E-state index >= 15 is 0 Å². The highest BCUT2D eigenvalue weighted by Crippen LogP contribution is 2.38. The van der Waals surface area contributed by atoms with E-state index in [0.717, 1.165) is 0 Å². The summed E-state index contributed by atoms with van der Waals surface area (Å²) < 4.78 is 11.6. The van der Waals surface area contributed by atoms with Gasteiger partial charge in [0.05, 0.1) is 19.8 Å². The molecule has 1 aliphatic heterocycles. The van der Waals surface area contributed by atoms with Crippen molar-refractivity contribution in [2.24, 2.45) is 0 Å². The first-order chi connectivity index (χ1) is 11.6. The largest absolute Gasteiger partial charge is 0.496 e. The van der Waals surface area contributed by atoms with Crippen molar-refractivity contribution in [1.82, 2.24) is 20.2 Å². The van der Waals surface area contributed by atoms with Crippen molar-refractivity contribution in [3.8, 4) is 5.75 Å². The van der Waals surface area contributed by atoms with Crippen LogP contribution in [0.25, 0.3) is 0 Å². The summed E-state index contributed by atoms with van der Waals surface area (Å²) in [6.45, 7) is 1.37. The number of esters is 1. The lowest BCUT2D eigenvalue weighted by atomic mass is 9.92. The fourth-order valence-electron chi connectivity index (χ4n) is 2.70. The first-order valence-electron chi connectivity index (χ1n) is 7.09. The molecular formula is C15H15N5O4. The standard InChI is InChI=1S/C15H15N5O4/c1-8(21)11-12(14(22)24-3)16-15-17-18-19-20(15)13(11)9-6-4-5-7-10(9)23-2/h4-7,13H,1-3H3,(H,16,17,19)/t13-/m1/s1. The highest BCUT2D eigenvalue weighted by Gasteiger charge is 2.37. The van der Waals surface area contributed by atoms with Crippen LogP contribution in [0.5, 0.6) is 5.75 Å². The second-order valence-electron chi connectivity index (χ2n) is 5.05. The molecule has 2 aromatic rings. The average Bonchev–Trinajstić information content (AvgIpc) is 3.07. The maximum Gasteiger partial charge on any atom is 0.355 e. The molecule has 0 spiro atoms. The van der Waals surface area contributed by atoms with Gasteiger partial charge in [0.2, 0.25) is 5.95 Å². The van der Waals surface area contributed by atoms with E-state index < -0.39 is 12.0 Å². The van der Waals surface area contributed by atoms with Crippen LogP contribution in [0.4, 0.5) is 5.95 Å². The van der Waals surface area contributed by atoms with Crippen LogP contribution in [0.2, 0.25) is 0 Å². The number of nitrogens with zero attached hydrogens (tertiary/aromatic N) is 4. The van der Waals surface area contributed by atoms with Gasteiger partial charge in [-0.15, -0.1) is 0 Å². The molecule has 2 heterocycles. The predicted molar refractivity (Wildman–Crippen MR) is 82.3 cm³/mol. The Hall–Kier alpha value is -3.23. The van der Waals surface area contributed by atoms with Crippen LogP contribution in [0, 0.1) is 0 Å². The second-order valence-corrected chi connectivity index (χ2v) is 5.05. The molecule has 1 N–H and O–H groups in total. The molecule has 0 aliphatic carbocycles. The molecule has 9 nitrogen and oxygen atoms in total. The van der Waals surface area contributed by atoms with Gasteiger partial charge in [-0.3, -0.25) is 4.79 Å². The number of anilines is 1. The van der Waals surface area contributed by atoms with Crippen LogP contribution in [-0.2, 0) is 14.3 Å². The fraction of sp³-hybridized carbons (Fsp3) is 0.267. The molecule has 0 fully saturated rings. The van der Waals surface area contributed by atoms with Gasteiger partial charge in [-0.2, -0.15) is 4.68 Å². The van der Waals surface area contributed by atoms with E-state index in [9.17, 15) is 9.59 Å². The van der Waals surface area contributed by atoms with Crippen LogP contribution >= 0.6 is 0 Å². The van der Waals surface area contributed by atoms with Crippen LogP contribution in [0.3, 0.4) is 0 Å². The van der Waals surface area contributed by atoms with Crippen molar-refractivity contribution in [2.45, 2.75) is 13.0 Å². The molecule has 1 aromatic heterocycles. The fourth-order valence-corrected chi connectivity index (χ4v) is 2.70. The maximum absolute atomic E-state index is 12.3. The summed E-state index contributed by atoms with van der Waals surface area (Å²) in [6, 6.07) is 6.45. The summed E-state index contributed by atoms with van der Waals surface area (Å²) in [7, 11) is 2.77. The number of Topliss-reactive ketones (excluding diaryl/α,β-unsaturated/α-hetero) is 1. The predicted octanol–water partition coefficient (Wildman–Crippen LogP) is 0.713. The quantitative estimate of drug-likeness (QED) is 0.817. The highest BCUT2D eigenvalue weighted by atomic mass is 16.5. The summed E-state index contributed by atoms with van der Waals surface area (Å²) >= 11 is 0. The number of aromatic nitrogens is 4. The Labute approximate surface area is 137 Å². The molecule has 0 saturated carbocycles. The Morgan fingerprint density at radius 1 is 1.25 bits per heavy atom. The molecule has 0 amide bonds. The Morgan fingerprint density at radius 2 is 2.00 bits per heavy atom. The number of hydrogen-bond donors (Lipinski definition) is 1. The first-order valence-corrected chi connectivity index (χ1v) is 7.09. The zero-order valence-corrected chi connectivity index (χ0v) is 13.3. The van der Waals surface area contributed by atoms with Gasteiger partial charge in [0.1, 0.15) is 17.5 Å². The zero-order chi connectivity index (χ0) is 17.3. The topological polar surface area (TPSA) is 108 Å². The van der Waals surface area contributed by atoms with Gasteiger partial charge in [0.15, 0.2) is 5.78 Å². The second kappa shape index (κ2) is 6.11. The number of tetrazole rings is 1. The van der Waals surface area contributed by atoms with E-state index in [1.54, 1.807) is 18.2 Å². The number of para-hydroxylation sites is 1. The Bertz CT molecular complexity index is 842. The van der Waals surface area contributed by atoms with Crippen LogP contribution in [0.1, 0.15) is 18.5 Å². The van der Waals surface area contributed by atoms with Crippen LogP contribution in [-0.4, -0.2) is 46.2 Å². The lowest BCUT2D eigenvalue weighted by Gasteiger charge is -2.28. The van der Waals surface area contributed by atoms with E-state index in [4.69, 9.17) is 9.47 Å². The molecule has 1 atom stereocenters. The lowest BCUT2D eigenvalue weighted by molar-refractivity contribution is -0.136. The summed E-state index contributed by atoms with van der Waals surface area (Å²) in [5.74, 6) is -0.195.